The van der Waals surface area contributed by atoms with E-state index >= 15 is 0 Å². The second-order valence-electron chi connectivity index (χ2n) is 6.43. The smallest absolute Gasteiger partial charge is 0.223 e. The van der Waals surface area contributed by atoms with Crippen LogP contribution in [0.25, 0.3) is 0 Å². The van der Waals surface area contributed by atoms with E-state index in [2.05, 4.69) is 5.32 Å². The zero-order valence-electron chi connectivity index (χ0n) is 17.3. The molecule has 0 saturated heterocycles. The molecule has 6 nitrogen and oxygen atoms in total. The van der Waals surface area contributed by atoms with Crippen LogP contribution in [0.1, 0.15) is 43.1 Å². The molecule has 0 aromatic heterocycles. The molecule has 2 aromatic carbocycles. The molecule has 1 N–H and O–H groups in total. The van der Waals surface area contributed by atoms with Gasteiger partial charge in [0.15, 0.2) is 17.3 Å². The lowest BCUT2D eigenvalue weighted by molar-refractivity contribution is -0.121. The number of carbonyl (C=O) groups excluding carboxylic acids is 2. The molecule has 2 rings (SSSR count). The van der Waals surface area contributed by atoms with Crippen molar-refractivity contribution in [3.8, 4) is 17.2 Å². The highest BCUT2D eigenvalue weighted by Gasteiger charge is 2.07. The fourth-order valence-corrected chi connectivity index (χ4v) is 2.73. The summed E-state index contributed by atoms with van der Waals surface area (Å²) in [5.41, 5.74) is 1.70. The summed E-state index contributed by atoms with van der Waals surface area (Å²) in [5, 5.41) is 2.90. The van der Waals surface area contributed by atoms with Crippen LogP contribution in [0.3, 0.4) is 0 Å². The number of rotatable bonds is 12. The van der Waals surface area contributed by atoms with Gasteiger partial charge in [-0.2, -0.15) is 0 Å². The Morgan fingerprint density at radius 3 is 2.24 bits per heavy atom. The van der Waals surface area contributed by atoms with Crippen LogP contribution < -0.4 is 19.5 Å². The third kappa shape index (κ3) is 7.49. The van der Waals surface area contributed by atoms with Crippen molar-refractivity contribution >= 4 is 11.7 Å². The summed E-state index contributed by atoms with van der Waals surface area (Å²) in [6.07, 6.45) is 0.966. The van der Waals surface area contributed by atoms with Crippen molar-refractivity contribution in [1.29, 1.82) is 0 Å². The van der Waals surface area contributed by atoms with Gasteiger partial charge in [0.2, 0.25) is 5.91 Å². The summed E-state index contributed by atoms with van der Waals surface area (Å²) in [6, 6.07) is 12.7. The van der Waals surface area contributed by atoms with Gasteiger partial charge < -0.3 is 19.5 Å². The molecule has 0 heterocycles. The first-order chi connectivity index (χ1) is 14.0. The molecular formula is C23H29NO5. The maximum Gasteiger partial charge on any atom is 0.223 e. The van der Waals surface area contributed by atoms with Crippen molar-refractivity contribution in [1.82, 2.24) is 5.32 Å². The van der Waals surface area contributed by atoms with Crippen LogP contribution in [0.5, 0.6) is 17.2 Å². The molecule has 0 bridgehead atoms. The van der Waals surface area contributed by atoms with E-state index in [9.17, 15) is 9.59 Å². The van der Waals surface area contributed by atoms with Crippen molar-refractivity contribution in [3.05, 3.63) is 53.6 Å². The minimum absolute atomic E-state index is 0.0110. The number of carbonyl (C=O) groups is 2. The fraction of sp³-hybridized carbons (Fsp3) is 0.391. The van der Waals surface area contributed by atoms with E-state index in [1.54, 1.807) is 24.3 Å². The molecule has 0 saturated carbocycles. The van der Waals surface area contributed by atoms with E-state index in [1.807, 2.05) is 32.0 Å². The lowest BCUT2D eigenvalue weighted by Gasteiger charge is -2.12. The third-order valence-corrected chi connectivity index (χ3v) is 4.20. The predicted molar refractivity (Wildman–Crippen MR) is 112 cm³/mol. The van der Waals surface area contributed by atoms with E-state index in [0.29, 0.717) is 37.5 Å². The second-order valence-corrected chi connectivity index (χ2v) is 6.43. The zero-order chi connectivity index (χ0) is 21.1. The van der Waals surface area contributed by atoms with Gasteiger partial charge in [0.25, 0.3) is 0 Å². The summed E-state index contributed by atoms with van der Waals surface area (Å²) in [5.74, 6) is 2.04. The average molecular weight is 399 g/mol. The molecule has 0 unspecified atom stereocenters. The molecule has 0 atom stereocenters. The second kappa shape index (κ2) is 11.7. The number of ketones is 1. The van der Waals surface area contributed by atoms with Crippen LogP contribution in [-0.2, 0) is 11.2 Å². The van der Waals surface area contributed by atoms with Gasteiger partial charge >= 0.3 is 0 Å². The van der Waals surface area contributed by atoms with Crippen molar-refractivity contribution in [2.24, 2.45) is 0 Å². The Morgan fingerprint density at radius 1 is 0.897 bits per heavy atom. The molecule has 156 valence electrons. The van der Waals surface area contributed by atoms with E-state index in [1.165, 1.54) is 6.92 Å². The number of hydrogen-bond donors (Lipinski definition) is 1. The van der Waals surface area contributed by atoms with E-state index in [-0.39, 0.29) is 24.7 Å². The van der Waals surface area contributed by atoms with Gasteiger partial charge in [-0.15, -0.1) is 0 Å². The van der Waals surface area contributed by atoms with Crippen LogP contribution >= 0.6 is 0 Å². The molecule has 0 fully saturated rings. The molecule has 0 radical (unpaired) electrons. The minimum atomic E-state index is -0.0682. The largest absolute Gasteiger partial charge is 0.493 e. The Bertz CT molecular complexity index is 801. The topological polar surface area (TPSA) is 73.9 Å². The Hall–Kier alpha value is -3.02. The summed E-state index contributed by atoms with van der Waals surface area (Å²) in [6.45, 7) is 7.35. The molecule has 0 spiro atoms. The zero-order valence-corrected chi connectivity index (χ0v) is 17.3. The first-order valence-electron chi connectivity index (χ1n) is 9.92. The maximum atomic E-state index is 12.0. The van der Waals surface area contributed by atoms with Gasteiger partial charge in [-0.1, -0.05) is 6.07 Å². The Balaban J connectivity index is 1.72. The maximum absolute atomic E-state index is 12.0. The van der Waals surface area contributed by atoms with Crippen LogP contribution in [0.4, 0.5) is 0 Å². The molecule has 6 heteroatoms. The quantitative estimate of drug-likeness (QED) is 0.549. The number of amides is 1. The molecule has 0 aliphatic heterocycles. The van der Waals surface area contributed by atoms with Gasteiger partial charge in [0, 0.05) is 12.1 Å². The van der Waals surface area contributed by atoms with Crippen LogP contribution in [-0.4, -0.2) is 38.1 Å². The molecule has 1 amide bonds. The van der Waals surface area contributed by atoms with Crippen LogP contribution in [0.2, 0.25) is 0 Å². The number of Topliss-reactive ketones (excluding diaryl/α,β-unsaturated/α-hetero) is 1. The van der Waals surface area contributed by atoms with Crippen LogP contribution in [0.15, 0.2) is 42.5 Å². The third-order valence-electron chi connectivity index (χ3n) is 4.20. The van der Waals surface area contributed by atoms with Gasteiger partial charge in [0.05, 0.1) is 26.2 Å². The number of nitrogens with one attached hydrogen (secondary N) is 1. The highest BCUT2D eigenvalue weighted by atomic mass is 16.5. The van der Waals surface area contributed by atoms with Crippen molar-refractivity contribution in [2.75, 3.05) is 26.4 Å². The SMILES string of the molecule is CCOc1ccc(CCNC(=O)CCOc2ccc(C(C)=O)cc2)cc1OCC. The van der Waals surface area contributed by atoms with E-state index in [0.717, 1.165) is 17.1 Å². The average Bonchev–Trinajstić information content (AvgIpc) is 2.70. The molecule has 0 aliphatic carbocycles. The number of benzene rings is 2. The fourth-order valence-electron chi connectivity index (χ4n) is 2.73. The highest BCUT2D eigenvalue weighted by molar-refractivity contribution is 5.94. The summed E-state index contributed by atoms with van der Waals surface area (Å²) in [4.78, 5) is 23.2. The first kappa shape index (κ1) is 22.3. The number of ether oxygens (including phenoxy) is 3. The minimum Gasteiger partial charge on any atom is -0.493 e. The summed E-state index contributed by atoms with van der Waals surface area (Å²) >= 11 is 0. The summed E-state index contributed by atoms with van der Waals surface area (Å²) < 4.78 is 16.7. The van der Waals surface area contributed by atoms with Gasteiger partial charge in [-0.05, 0) is 69.2 Å². The molecule has 29 heavy (non-hydrogen) atoms. The lowest BCUT2D eigenvalue weighted by atomic mass is 10.1. The predicted octanol–water partition coefficient (Wildman–Crippen LogP) is 3.81. The Labute approximate surface area is 172 Å². The Kier molecular flexibility index (Phi) is 9.02. The molecular weight excluding hydrogens is 370 g/mol. The molecule has 2 aromatic rings. The molecule has 0 aliphatic rings. The standard InChI is InChI=1S/C23H29NO5/c1-4-27-21-11-6-18(16-22(21)28-5-2)12-14-24-23(26)13-15-29-20-9-7-19(8-10-20)17(3)25/h6-11,16H,4-5,12-15H2,1-3H3,(H,24,26). The lowest BCUT2D eigenvalue weighted by Crippen LogP contribution is -2.27. The highest BCUT2D eigenvalue weighted by Crippen LogP contribution is 2.28. The normalized spacial score (nSPS) is 10.3. The van der Waals surface area contributed by atoms with Gasteiger partial charge in [0.1, 0.15) is 5.75 Å². The number of hydrogen-bond acceptors (Lipinski definition) is 5. The summed E-state index contributed by atoms with van der Waals surface area (Å²) in [7, 11) is 0. The monoisotopic (exact) mass is 399 g/mol. The van der Waals surface area contributed by atoms with Crippen LogP contribution in [0, 0.1) is 0 Å². The first-order valence-corrected chi connectivity index (χ1v) is 9.92. The van der Waals surface area contributed by atoms with Crippen molar-refractivity contribution in [2.45, 2.75) is 33.6 Å². The van der Waals surface area contributed by atoms with Gasteiger partial charge in [-0.3, -0.25) is 9.59 Å². The van der Waals surface area contributed by atoms with Gasteiger partial charge in [-0.25, -0.2) is 0 Å². The van der Waals surface area contributed by atoms with Crippen molar-refractivity contribution in [3.63, 3.8) is 0 Å². The Morgan fingerprint density at radius 2 is 1.59 bits per heavy atom. The van der Waals surface area contributed by atoms with Crippen molar-refractivity contribution < 1.29 is 23.8 Å². The van der Waals surface area contributed by atoms with E-state index in [4.69, 9.17) is 14.2 Å². The van der Waals surface area contributed by atoms with E-state index < -0.39 is 0 Å².